The van der Waals surface area contributed by atoms with Gasteiger partial charge in [0.15, 0.2) is 0 Å². The number of aromatic nitrogens is 1. The Labute approximate surface area is 124 Å². The second kappa shape index (κ2) is 5.88. The molecule has 1 aromatic heterocycles. The van der Waals surface area contributed by atoms with Crippen LogP contribution in [0.25, 0.3) is 0 Å². The summed E-state index contributed by atoms with van der Waals surface area (Å²) in [5, 5.41) is 23.9. The fourth-order valence-corrected chi connectivity index (χ4v) is 2.67. The average molecular weight is 307 g/mol. The van der Waals surface area contributed by atoms with Crippen molar-refractivity contribution in [2.24, 2.45) is 0 Å². The first kappa shape index (κ1) is 14.9. The summed E-state index contributed by atoms with van der Waals surface area (Å²) in [6.45, 7) is 3.73. The first-order valence-electron chi connectivity index (χ1n) is 6.09. The molecule has 1 heterocycles. The van der Waals surface area contributed by atoms with E-state index in [2.05, 4.69) is 10.3 Å². The van der Waals surface area contributed by atoms with Crippen molar-refractivity contribution in [1.82, 2.24) is 4.98 Å². The van der Waals surface area contributed by atoms with Gasteiger partial charge in [0.05, 0.1) is 11.0 Å². The number of para-hydroxylation sites is 1. The van der Waals surface area contributed by atoms with Crippen LogP contribution in [-0.2, 0) is 0 Å². The molecule has 2 rings (SSSR count). The molecule has 1 unspecified atom stereocenters. The molecule has 0 amide bonds. The van der Waals surface area contributed by atoms with E-state index < -0.39 is 16.6 Å². The van der Waals surface area contributed by atoms with Crippen molar-refractivity contribution < 1.29 is 14.8 Å². The molecule has 1 atom stereocenters. The molecule has 0 bridgehead atoms. The van der Waals surface area contributed by atoms with Gasteiger partial charge in [0.2, 0.25) is 0 Å². The van der Waals surface area contributed by atoms with Gasteiger partial charge in [-0.1, -0.05) is 6.07 Å². The number of aryl methyl sites for hydroxylation is 1. The average Bonchev–Trinajstić information content (AvgIpc) is 2.84. The molecule has 21 heavy (non-hydrogen) atoms. The highest BCUT2D eigenvalue weighted by atomic mass is 32.1. The van der Waals surface area contributed by atoms with Crippen molar-refractivity contribution in [1.29, 1.82) is 0 Å². The Morgan fingerprint density at radius 1 is 1.52 bits per heavy atom. The monoisotopic (exact) mass is 307 g/mol. The van der Waals surface area contributed by atoms with Crippen LogP contribution in [0.5, 0.6) is 0 Å². The summed E-state index contributed by atoms with van der Waals surface area (Å²) in [5.74, 6) is -1.33. The summed E-state index contributed by atoms with van der Waals surface area (Å²) in [6, 6.07) is 3.91. The Hall–Kier alpha value is -2.48. The second-order valence-electron chi connectivity index (χ2n) is 4.44. The molecule has 0 aliphatic rings. The maximum atomic E-state index is 11.2. The minimum atomic E-state index is -1.33. The molecule has 1 aromatic carbocycles. The van der Waals surface area contributed by atoms with E-state index in [-0.39, 0.29) is 17.3 Å². The molecule has 0 radical (unpaired) electrons. The summed E-state index contributed by atoms with van der Waals surface area (Å²) < 4.78 is 0. The first-order chi connectivity index (χ1) is 9.90. The fraction of sp³-hybridized carbons (Fsp3) is 0.231. The Kier molecular flexibility index (Phi) is 4.18. The van der Waals surface area contributed by atoms with Crippen molar-refractivity contribution >= 4 is 28.7 Å². The Morgan fingerprint density at radius 3 is 2.76 bits per heavy atom. The van der Waals surface area contributed by atoms with E-state index in [1.165, 1.54) is 29.5 Å². The molecule has 0 aliphatic heterocycles. The van der Waals surface area contributed by atoms with E-state index in [1.807, 2.05) is 13.8 Å². The fourth-order valence-electron chi connectivity index (χ4n) is 1.90. The zero-order chi connectivity index (χ0) is 15.6. The predicted octanol–water partition coefficient (Wildman–Crippen LogP) is 3.23. The maximum Gasteiger partial charge on any atom is 0.342 e. The minimum Gasteiger partial charge on any atom is -0.477 e. The third kappa shape index (κ3) is 3.16. The lowest BCUT2D eigenvalue weighted by Gasteiger charge is -2.13. The van der Waals surface area contributed by atoms with Gasteiger partial charge in [-0.25, -0.2) is 9.78 Å². The maximum absolute atomic E-state index is 11.2. The van der Waals surface area contributed by atoms with Gasteiger partial charge in [-0.15, -0.1) is 11.3 Å². The molecule has 2 aromatic rings. The van der Waals surface area contributed by atoms with E-state index in [9.17, 15) is 14.9 Å². The number of nitrogens with zero attached hydrogens (tertiary/aromatic N) is 2. The Morgan fingerprint density at radius 2 is 2.24 bits per heavy atom. The van der Waals surface area contributed by atoms with Gasteiger partial charge in [0.1, 0.15) is 16.3 Å². The van der Waals surface area contributed by atoms with Crippen molar-refractivity contribution in [2.45, 2.75) is 19.9 Å². The number of thiazole rings is 1. The standard InChI is InChI=1S/C13H13N3O4S/c1-7-6-14-12(21-7)8(2)15-10-5-3-4-9(13(17)18)11(10)16(19)20/h3-6,8,15H,1-2H3,(H,17,18). The quantitative estimate of drug-likeness (QED) is 0.649. The van der Waals surface area contributed by atoms with Crippen LogP contribution < -0.4 is 5.32 Å². The van der Waals surface area contributed by atoms with Gasteiger partial charge in [-0.05, 0) is 26.0 Å². The second-order valence-corrected chi connectivity index (χ2v) is 5.71. The lowest BCUT2D eigenvalue weighted by Crippen LogP contribution is -2.11. The minimum absolute atomic E-state index is 0.167. The lowest BCUT2D eigenvalue weighted by molar-refractivity contribution is -0.384. The molecular weight excluding hydrogens is 294 g/mol. The third-order valence-electron chi connectivity index (χ3n) is 2.83. The van der Waals surface area contributed by atoms with Crippen LogP contribution in [0.3, 0.4) is 0 Å². The SMILES string of the molecule is Cc1cnc(C(C)Nc2cccc(C(=O)O)c2[N+](=O)[O-])s1. The van der Waals surface area contributed by atoms with Crippen LogP contribution in [0.15, 0.2) is 24.4 Å². The van der Waals surface area contributed by atoms with E-state index in [1.54, 1.807) is 6.20 Å². The number of nitro groups is 1. The highest BCUT2D eigenvalue weighted by molar-refractivity contribution is 7.11. The number of nitrogens with one attached hydrogen (secondary N) is 1. The normalized spacial score (nSPS) is 11.9. The number of aromatic carboxylic acids is 1. The topological polar surface area (TPSA) is 105 Å². The molecule has 0 saturated carbocycles. The lowest BCUT2D eigenvalue weighted by atomic mass is 10.1. The third-order valence-corrected chi connectivity index (χ3v) is 3.93. The van der Waals surface area contributed by atoms with Crippen molar-refractivity contribution in [2.75, 3.05) is 5.32 Å². The number of carboxylic acids is 1. The zero-order valence-electron chi connectivity index (χ0n) is 11.4. The molecular formula is C13H13N3O4S. The van der Waals surface area contributed by atoms with Gasteiger partial charge >= 0.3 is 11.7 Å². The van der Waals surface area contributed by atoms with Crippen LogP contribution >= 0.6 is 11.3 Å². The number of hydrogen-bond acceptors (Lipinski definition) is 6. The molecule has 0 fully saturated rings. The van der Waals surface area contributed by atoms with Gasteiger partial charge < -0.3 is 10.4 Å². The molecule has 0 saturated heterocycles. The number of rotatable bonds is 5. The van der Waals surface area contributed by atoms with Crippen molar-refractivity contribution in [3.8, 4) is 0 Å². The van der Waals surface area contributed by atoms with E-state index in [0.29, 0.717) is 0 Å². The summed E-state index contributed by atoms with van der Waals surface area (Å²) in [7, 11) is 0. The number of hydrogen-bond donors (Lipinski definition) is 2. The molecule has 0 aliphatic carbocycles. The number of carbonyl (C=O) groups is 1. The molecule has 8 heteroatoms. The Bertz CT molecular complexity index is 698. The predicted molar refractivity (Wildman–Crippen MR) is 78.9 cm³/mol. The smallest absolute Gasteiger partial charge is 0.342 e. The van der Waals surface area contributed by atoms with Crippen LogP contribution in [0, 0.1) is 17.0 Å². The number of benzene rings is 1. The van der Waals surface area contributed by atoms with Crippen LogP contribution in [0.4, 0.5) is 11.4 Å². The summed E-state index contributed by atoms with van der Waals surface area (Å²) in [4.78, 5) is 26.8. The van der Waals surface area contributed by atoms with Gasteiger partial charge in [-0.3, -0.25) is 10.1 Å². The zero-order valence-corrected chi connectivity index (χ0v) is 12.2. The van der Waals surface area contributed by atoms with Gasteiger partial charge in [0, 0.05) is 11.1 Å². The van der Waals surface area contributed by atoms with E-state index >= 15 is 0 Å². The summed E-state index contributed by atoms with van der Waals surface area (Å²) in [6.07, 6.45) is 1.72. The van der Waals surface area contributed by atoms with Gasteiger partial charge in [0.25, 0.3) is 0 Å². The molecule has 7 nitrogen and oxygen atoms in total. The molecule has 110 valence electrons. The Balaban J connectivity index is 2.37. The highest BCUT2D eigenvalue weighted by Gasteiger charge is 2.25. The highest BCUT2D eigenvalue weighted by Crippen LogP contribution is 2.32. The number of nitro benzene ring substituents is 1. The largest absolute Gasteiger partial charge is 0.477 e. The van der Waals surface area contributed by atoms with Crippen molar-refractivity contribution in [3.05, 3.63) is 50.0 Å². The van der Waals surface area contributed by atoms with E-state index in [0.717, 1.165) is 9.88 Å². The number of carboxylic acid groups (broad SMARTS) is 1. The first-order valence-corrected chi connectivity index (χ1v) is 6.91. The van der Waals surface area contributed by atoms with Crippen LogP contribution in [0.2, 0.25) is 0 Å². The van der Waals surface area contributed by atoms with E-state index in [4.69, 9.17) is 5.11 Å². The molecule has 2 N–H and O–H groups in total. The summed E-state index contributed by atoms with van der Waals surface area (Å²) >= 11 is 1.48. The number of anilines is 1. The van der Waals surface area contributed by atoms with Crippen molar-refractivity contribution in [3.63, 3.8) is 0 Å². The molecule has 0 spiro atoms. The summed E-state index contributed by atoms with van der Waals surface area (Å²) in [5.41, 5.74) is -0.613. The van der Waals surface area contributed by atoms with Crippen LogP contribution in [0.1, 0.15) is 33.2 Å². The van der Waals surface area contributed by atoms with Gasteiger partial charge in [-0.2, -0.15) is 0 Å². The van der Waals surface area contributed by atoms with Crippen LogP contribution in [-0.4, -0.2) is 21.0 Å².